The highest BCUT2D eigenvalue weighted by atomic mass is 35.5. The van der Waals surface area contributed by atoms with E-state index in [2.05, 4.69) is 5.10 Å². The Hall–Kier alpha value is -2.08. The number of pyridine rings is 1. The number of amides is 1. The van der Waals surface area contributed by atoms with Crippen molar-refractivity contribution >= 4 is 17.5 Å². The third-order valence-corrected chi connectivity index (χ3v) is 5.28. The average molecular weight is 349 g/mol. The number of nitrogens with zero attached hydrogens (tertiary/aromatic N) is 4. The molecular weight excluding hydrogens is 328 g/mol. The van der Waals surface area contributed by atoms with Crippen LogP contribution < -0.4 is 5.56 Å². The van der Waals surface area contributed by atoms with Crippen molar-refractivity contribution in [1.82, 2.24) is 19.2 Å². The fourth-order valence-electron chi connectivity index (χ4n) is 3.38. The van der Waals surface area contributed by atoms with Gasteiger partial charge in [0.1, 0.15) is 10.7 Å². The minimum Gasteiger partial charge on any atom is -0.331 e. The summed E-state index contributed by atoms with van der Waals surface area (Å²) in [6.07, 6.45) is 1.71. The number of hydrogen-bond acceptors (Lipinski definition) is 3. The van der Waals surface area contributed by atoms with E-state index in [1.165, 1.54) is 4.57 Å². The molecule has 1 amide bonds. The Morgan fingerprint density at radius 3 is 2.62 bits per heavy atom. The van der Waals surface area contributed by atoms with E-state index in [1.54, 1.807) is 35.8 Å². The molecular formula is C17H21ClN4O2. The van der Waals surface area contributed by atoms with Crippen molar-refractivity contribution in [2.24, 2.45) is 14.1 Å². The Balaban J connectivity index is 2.01. The van der Waals surface area contributed by atoms with Crippen LogP contribution in [0, 0.1) is 13.8 Å². The summed E-state index contributed by atoms with van der Waals surface area (Å²) in [4.78, 5) is 27.2. The van der Waals surface area contributed by atoms with Crippen LogP contribution in [0.15, 0.2) is 16.9 Å². The van der Waals surface area contributed by atoms with E-state index in [4.69, 9.17) is 11.6 Å². The first-order valence-corrected chi connectivity index (χ1v) is 8.37. The van der Waals surface area contributed by atoms with Crippen LogP contribution >= 0.6 is 11.6 Å². The second-order valence-corrected chi connectivity index (χ2v) is 6.68. The van der Waals surface area contributed by atoms with E-state index in [1.807, 2.05) is 13.8 Å². The highest BCUT2D eigenvalue weighted by Crippen LogP contribution is 2.38. The van der Waals surface area contributed by atoms with Gasteiger partial charge in [0.25, 0.3) is 11.5 Å². The van der Waals surface area contributed by atoms with Crippen molar-refractivity contribution in [2.45, 2.75) is 32.7 Å². The van der Waals surface area contributed by atoms with Crippen molar-refractivity contribution in [3.8, 4) is 0 Å². The number of carbonyl (C=O) groups is 1. The molecule has 1 atom stereocenters. The molecule has 6 nitrogen and oxygen atoms in total. The molecule has 0 aliphatic carbocycles. The van der Waals surface area contributed by atoms with Gasteiger partial charge in [-0.25, -0.2) is 0 Å². The van der Waals surface area contributed by atoms with Crippen LogP contribution in [0.2, 0.25) is 5.15 Å². The topological polar surface area (TPSA) is 60.1 Å². The number of carbonyl (C=O) groups excluding carboxylic acids is 1. The number of rotatable bonds is 2. The van der Waals surface area contributed by atoms with Gasteiger partial charge in [0, 0.05) is 31.9 Å². The summed E-state index contributed by atoms with van der Waals surface area (Å²) in [6, 6.07) is 3.28. The zero-order valence-corrected chi connectivity index (χ0v) is 15.1. The summed E-state index contributed by atoms with van der Waals surface area (Å²) in [6.45, 7) is 4.35. The minimum absolute atomic E-state index is 0.135. The van der Waals surface area contributed by atoms with E-state index in [0.29, 0.717) is 11.7 Å². The van der Waals surface area contributed by atoms with E-state index in [-0.39, 0.29) is 23.1 Å². The molecule has 3 heterocycles. The van der Waals surface area contributed by atoms with Crippen molar-refractivity contribution in [3.63, 3.8) is 0 Å². The first kappa shape index (κ1) is 16.8. The highest BCUT2D eigenvalue weighted by molar-refractivity contribution is 6.30. The Labute approximate surface area is 145 Å². The van der Waals surface area contributed by atoms with Gasteiger partial charge in [0.2, 0.25) is 0 Å². The molecule has 1 aliphatic rings. The van der Waals surface area contributed by atoms with Crippen LogP contribution in [0.25, 0.3) is 0 Å². The molecule has 1 unspecified atom stereocenters. The van der Waals surface area contributed by atoms with E-state index >= 15 is 0 Å². The summed E-state index contributed by atoms with van der Waals surface area (Å²) in [5.41, 5.74) is 2.46. The lowest BCUT2D eigenvalue weighted by Gasteiger charge is -2.25. The van der Waals surface area contributed by atoms with Crippen molar-refractivity contribution in [2.75, 3.05) is 6.54 Å². The number of hydrogen-bond donors (Lipinski definition) is 0. The van der Waals surface area contributed by atoms with Gasteiger partial charge in [-0.05, 0) is 38.8 Å². The zero-order chi connectivity index (χ0) is 17.6. The third kappa shape index (κ3) is 2.55. The van der Waals surface area contributed by atoms with Gasteiger partial charge in [-0.2, -0.15) is 5.10 Å². The summed E-state index contributed by atoms with van der Waals surface area (Å²) in [7, 11) is 3.47. The molecule has 1 saturated heterocycles. The Morgan fingerprint density at radius 1 is 1.29 bits per heavy atom. The molecule has 3 rings (SSSR count). The Bertz CT molecular complexity index is 868. The van der Waals surface area contributed by atoms with Crippen molar-refractivity contribution < 1.29 is 4.79 Å². The number of aryl methyl sites for hydroxylation is 3. The maximum Gasteiger partial charge on any atom is 0.263 e. The Kier molecular flexibility index (Phi) is 4.25. The Morgan fingerprint density at radius 2 is 2.00 bits per heavy atom. The highest BCUT2D eigenvalue weighted by Gasteiger charge is 2.35. The lowest BCUT2D eigenvalue weighted by molar-refractivity contribution is 0.0733. The fourth-order valence-corrected chi connectivity index (χ4v) is 3.68. The second kappa shape index (κ2) is 6.09. The van der Waals surface area contributed by atoms with E-state index in [9.17, 15) is 9.59 Å². The van der Waals surface area contributed by atoms with Gasteiger partial charge in [-0.1, -0.05) is 11.6 Å². The average Bonchev–Trinajstić information content (AvgIpc) is 3.10. The quantitative estimate of drug-likeness (QED) is 0.837. The van der Waals surface area contributed by atoms with Gasteiger partial charge in [-0.15, -0.1) is 0 Å². The summed E-state index contributed by atoms with van der Waals surface area (Å²) in [5.74, 6) is -0.239. The van der Waals surface area contributed by atoms with Crippen LogP contribution in [0.5, 0.6) is 0 Å². The summed E-state index contributed by atoms with van der Waals surface area (Å²) >= 11 is 6.38. The molecule has 2 aromatic rings. The standard InChI is InChI=1S/C17H21ClN4O2/c1-10-7-8-12(16(23)20(10)3)17(24)22-9-5-6-13(22)14-11(2)19-21(4)15(14)18/h7-8,13H,5-6,9H2,1-4H3. The first-order valence-electron chi connectivity index (χ1n) is 7.99. The summed E-state index contributed by atoms with van der Waals surface area (Å²) in [5, 5.41) is 4.90. The predicted molar refractivity (Wildman–Crippen MR) is 92.4 cm³/mol. The van der Waals surface area contributed by atoms with E-state index in [0.717, 1.165) is 29.8 Å². The van der Waals surface area contributed by atoms with Gasteiger partial charge in [0.15, 0.2) is 0 Å². The van der Waals surface area contributed by atoms with Crippen molar-refractivity contribution in [3.05, 3.63) is 50.2 Å². The molecule has 0 radical (unpaired) electrons. The van der Waals surface area contributed by atoms with Crippen LogP contribution in [0.3, 0.4) is 0 Å². The number of likely N-dealkylation sites (tertiary alicyclic amines) is 1. The van der Waals surface area contributed by atoms with E-state index < -0.39 is 0 Å². The lowest BCUT2D eigenvalue weighted by Crippen LogP contribution is -2.36. The van der Waals surface area contributed by atoms with Crippen LogP contribution in [-0.2, 0) is 14.1 Å². The zero-order valence-electron chi connectivity index (χ0n) is 14.3. The molecule has 0 aromatic carbocycles. The van der Waals surface area contributed by atoms with Gasteiger partial charge in [0.05, 0.1) is 11.7 Å². The van der Waals surface area contributed by atoms with Gasteiger partial charge >= 0.3 is 0 Å². The third-order valence-electron chi connectivity index (χ3n) is 4.83. The normalized spacial score (nSPS) is 17.5. The smallest absolute Gasteiger partial charge is 0.263 e. The second-order valence-electron chi connectivity index (χ2n) is 6.32. The predicted octanol–water partition coefficient (Wildman–Crippen LogP) is 2.37. The first-order chi connectivity index (χ1) is 11.3. The molecule has 0 spiro atoms. The van der Waals surface area contributed by atoms with Crippen LogP contribution in [0.4, 0.5) is 0 Å². The molecule has 0 saturated carbocycles. The fraction of sp³-hybridized carbons (Fsp3) is 0.471. The maximum atomic E-state index is 13.0. The van der Waals surface area contributed by atoms with Crippen LogP contribution in [0.1, 0.15) is 46.2 Å². The van der Waals surface area contributed by atoms with Gasteiger partial charge < -0.3 is 9.47 Å². The lowest BCUT2D eigenvalue weighted by atomic mass is 10.0. The SMILES string of the molecule is Cc1nn(C)c(Cl)c1C1CCCN1C(=O)c1ccc(C)n(C)c1=O. The summed E-state index contributed by atoms with van der Waals surface area (Å²) < 4.78 is 3.12. The largest absolute Gasteiger partial charge is 0.331 e. The minimum atomic E-state index is -0.264. The van der Waals surface area contributed by atoms with Gasteiger partial charge in [-0.3, -0.25) is 14.3 Å². The maximum absolute atomic E-state index is 13.0. The molecule has 1 fully saturated rings. The molecule has 1 aliphatic heterocycles. The van der Waals surface area contributed by atoms with Crippen molar-refractivity contribution in [1.29, 1.82) is 0 Å². The number of aromatic nitrogens is 3. The number of halogens is 1. The molecule has 0 bridgehead atoms. The molecule has 128 valence electrons. The van der Waals surface area contributed by atoms with Crippen LogP contribution in [-0.4, -0.2) is 31.7 Å². The molecule has 24 heavy (non-hydrogen) atoms. The molecule has 7 heteroatoms. The molecule has 0 N–H and O–H groups in total. The molecule has 2 aromatic heterocycles. The monoisotopic (exact) mass is 348 g/mol.